The highest BCUT2D eigenvalue weighted by molar-refractivity contribution is 6.35. The molecule has 2 aromatic rings. The van der Waals surface area contributed by atoms with Gasteiger partial charge in [0.05, 0.1) is 22.3 Å². The number of nitrogens with one attached hydrogen (secondary N) is 1. The fourth-order valence-corrected chi connectivity index (χ4v) is 1.74. The van der Waals surface area contributed by atoms with Gasteiger partial charge in [0, 0.05) is 11.6 Å². The highest BCUT2D eigenvalue weighted by atomic mass is 35.5. The number of hydrogen-bond donors (Lipinski definition) is 1. The Kier molecular flexibility index (Phi) is 2.93. The Morgan fingerprint density at radius 3 is 3.00 bits per heavy atom. The standard InChI is InChI=1S/C12H10ClN3/c1-8(7-14)16-11-5-4-10(13)9-3-2-6-15-12(9)11/h2-6,8,16H,1H3. The molecule has 1 aromatic carbocycles. The van der Waals surface area contributed by atoms with Crippen LogP contribution in [-0.4, -0.2) is 11.0 Å². The average molecular weight is 232 g/mol. The highest BCUT2D eigenvalue weighted by Crippen LogP contribution is 2.28. The Morgan fingerprint density at radius 2 is 2.25 bits per heavy atom. The Morgan fingerprint density at radius 1 is 1.44 bits per heavy atom. The summed E-state index contributed by atoms with van der Waals surface area (Å²) in [6, 6.07) is 9.25. The van der Waals surface area contributed by atoms with Crippen LogP contribution in [0.5, 0.6) is 0 Å². The Hall–Kier alpha value is -1.79. The maximum Gasteiger partial charge on any atom is 0.111 e. The molecule has 1 atom stereocenters. The van der Waals surface area contributed by atoms with Crippen molar-refractivity contribution >= 4 is 28.2 Å². The molecule has 0 bridgehead atoms. The van der Waals surface area contributed by atoms with Crippen LogP contribution < -0.4 is 5.32 Å². The van der Waals surface area contributed by atoms with Crippen LogP contribution in [0.3, 0.4) is 0 Å². The van der Waals surface area contributed by atoms with E-state index in [0.29, 0.717) is 5.02 Å². The molecule has 0 saturated carbocycles. The summed E-state index contributed by atoms with van der Waals surface area (Å²) < 4.78 is 0. The highest BCUT2D eigenvalue weighted by Gasteiger charge is 2.07. The molecule has 0 aliphatic heterocycles. The fourth-order valence-electron chi connectivity index (χ4n) is 1.52. The van der Waals surface area contributed by atoms with Gasteiger partial charge in [0.25, 0.3) is 0 Å². The second-order valence-electron chi connectivity index (χ2n) is 3.49. The molecule has 1 aromatic heterocycles. The third kappa shape index (κ3) is 1.93. The van der Waals surface area contributed by atoms with Gasteiger partial charge in [-0.05, 0) is 31.2 Å². The number of nitrogens with zero attached hydrogens (tertiary/aromatic N) is 2. The van der Waals surface area contributed by atoms with Gasteiger partial charge < -0.3 is 5.32 Å². The molecular weight excluding hydrogens is 222 g/mol. The van der Waals surface area contributed by atoms with Crippen molar-refractivity contribution in [3.63, 3.8) is 0 Å². The predicted octanol–water partition coefficient (Wildman–Crippen LogP) is 3.21. The Labute approximate surface area is 98.7 Å². The van der Waals surface area contributed by atoms with Gasteiger partial charge in [0.2, 0.25) is 0 Å². The minimum atomic E-state index is -0.258. The van der Waals surface area contributed by atoms with E-state index in [2.05, 4.69) is 16.4 Å². The zero-order valence-electron chi connectivity index (χ0n) is 8.74. The van der Waals surface area contributed by atoms with E-state index in [1.165, 1.54) is 0 Å². The van der Waals surface area contributed by atoms with E-state index in [4.69, 9.17) is 16.9 Å². The smallest absolute Gasteiger partial charge is 0.111 e. The Balaban J connectivity index is 2.55. The van der Waals surface area contributed by atoms with Crippen LogP contribution in [0.1, 0.15) is 6.92 Å². The molecule has 0 radical (unpaired) electrons. The van der Waals surface area contributed by atoms with Crippen molar-refractivity contribution in [2.24, 2.45) is 0 Å². The summed E-state index contributed by atoms with van der Waals surface area (Å²) in [7, 11) is 0. The number of pyridine rings is 1. The lowest BCUT2D eigenvalue weighted by Gasteiger charge is -2.10. The van der Waals surface area contributed by atoms with Gasteiger partial charge in [-0.2, -0.15) is 5.26 Å². The molecule has 1 heterocycles. The van der Waals surface area contributed by atoms with Crippen LogP contribution in [0.2, 0.25) is 5.02 Å². The minimum absolute atomic E-state index is 0.258. The largest absolute Gasteiger partial charge is 0.368 e. The summed E-state index contributed by atoms with van der Waals surface area (Å²) >= 11 is 6.07. The SMILES string of the molecule is CC(C#N)Nc1ccc(Cl)c2cccnc12. The quantitative estimate of drug-likeness (QED) is 0.864. The second kappa shape index (κ2) is 4.38. The average Bonchev–Trinajstić information content (AvgIpc) is 2.33. The van der Waals surface area contributed by atoms with Gasteiger partial charge in [-0.3, -0.25) is 4.98 Å². The molecule has 0 amide bonds. The maximum absolute atomic E-state index is 8.76. The lowest BCUT2D eigenvalue weighted by Crippen LogP contribution is -2.12. The molecule has 3 nitrogen and oxygen atoms in total. The molecule has 0 aliphatic carbocycles. The molecule has 4 heteroatoms. The zero-order chi connectivity index (χ0) is 11.5. The van der Waals surface area contributed by atoms with Crippen molar-refractivity contribution in [3.05, 3.63) is 35.5 Å². The van der Waals surface area contributed by atoms with E-state index in [-0.39, 0.29) is 6.04 Å². The van der Waals surface area contributed by atoms with E-state index in [0.717, 1.165) is 16.6 Å². The van der Waals surface area contributed by atoms with Crippen LogP contribution in [0.15, 0.2) is 30.5 Å². The van der Waals surface area contributed by atoms with Crippen molar-refractivity contribution in [3.8, 4) is 6.07 Å². The number of benzene rings is 1. The molecule has 2 rings (SSSR count). The lowest BCUT2D eigenvalue weighted by molar-refractivity contribution is 1.01. The number of nitriles is 1. The summed E-state index contributed by atoms with van der Waals surface area (Å²) in [5.41, 5.74) is 1.62. The molecule has 0 fully saturated rings. The van der Waals surface area contributed by atoms with E-state index >= 15 is 0 Å². The Bertz CT molecular complexity index is 560. The molecule has 1 unspecified atom stereocenters. The summed E-state index contributed by atoms with van der Waals surface area (Å²) in [6.45, 7) is 1.80. The topological polar surface area (TPSA) is 48.7 Å². The number of aromatic nitrogens is 1. The summed E-state index contributed by atoms with van der Waals surface area (Å²) in [6.07, 6.45) is 1.71. The molecule has 0 aliphatic rings. The minimum Gasteiger partial charge on any atom is -0.368 e. The second-order valence-corrected chi connectivity index (χ2v) is 3.90. The van der Waals surface area contributed by atoms with E-state index < -0.39 is 0 Å². The van der Waals surface area contributed by atoms with Crippen molar-refractivity contribution in [1.82, 2.24) is 4.98 Å². The number of halogens is 1. The number of fused-ring (bicyclic) bond motifs is 1. The van der Waals surface area contributed by atoms with Gasteiger partial charge in [-0.25, -0.2) is 0 Å². The van der Waals surface area contributed by atoms with Crippen LogP contribution in [0, 0.1) is 11.3 Å². The van der Waals surface area contributed by atoms with Gasteiger partial charge in [-0.15, -0.1) is 0 Å². The van der Waals surface area contributed by atoms with E-state index in [1.54, 1.807) is 19.2 Å². The van der Waals surface area contributed by atoms with Gasteiger partial charge in [-0.1, -0.05) is 11.6 Å². The first-order valence-corrected chi connectivity index (χ1v) is 5.29. The molecular formula is C12H10ClN3. The van der Waals surface area contributed by atoms with Crippen LogP contribution in [-0.2, 0) is 0 Å². The molecule has 0 spiro atoms. The van der Waals surface area contributed by atoms with Crippen LogP contribution in [0.4, 0.5) is 5.69 Å². The third-order valence-electron chi connectivity index (χ3n) is 2.28. The third-order valence-corrected chi connectivity index (χ3v) is 2.61. The van der Waals surface area contributed by atoms with Gasteiger partial charge >= 0.3 is 0 Å². The molecule has 0 saturated heterocycles. The first-order chi connectivity index (χ1) is 7.72. The molecule has 1 N–H and O–H groups in total. The summed E-state index contributed by atoms with van der Waals surface area (Å²) in [4.78, 5) is 4.27. The van der Waals surface area contributed by atoms with Gasteiger partial charge in [0.1, 0.15) is 6.04 Å². The summed E-state index contributed by atoms with van der Waals surface area (Å²) in [5, 5.41) is 13.4. The first-order valence-electron chi connectivity index (χ1n) is 4.92. The first kappa shape index (κ1) is 10.7. The van der Waals surface area contributed by atoms with Crippen molar-refractivity contribution < 1.29 is 0 Å². The van der Waals surface area contributed by atoms with Crippen molar-refractivity contribution in [1.29, 1.82) is 5.26 Å². The van der Waals surface area contributed by atoms with E-state index in [1.807, 2.05) is 18.2 Å². The lowest BCUT2D eigenvalue weighted by atomic mass is 10.2. The molecule has 16 heavy (non-hydrogen) atoms. The zero-order valence-corrected chi connectivity index (χ0v) is 9.49. The van der Waals surface area contributed by atoms with Crippen molar-refractivity contribution in [2.75, 3.05) is 5.32 Å². The number of anilines is 1. The maximum atomic E-state index is 8.76. The number of hydrogen-bond acceptors (Lipinski definition) is 3. The van der Waals surface area contributed by atoms with Crippen LogP contribution >= 0.6 is 11.6 Å². The predicted molar refractivity (Wildman–Crippen MR) is 65.5 cm³/mol. The van der Waals surface area contributed by atoms with Crippen molar-refractivity contribution in [2.45, 2.75) is 13.0 Å². The van der Waals surface area contributed by atoms with Crippen LogP contribution in [0.25, 0.3) is 10.9 Å². The monoisotopic (exact) mass is 231 g/mol. The normalized spacial score (nSPS) is 12.1. The van der Waals surface area contributed by atoms with E-state index in [9.17, 15) is 0 Å². The number of rotatable bonds is 2. The van der Waals surface area contributed by atoms with Gasteiger partial charge in [0.15, 0.2) is 0 Å². The molecule has 80 valence electrons. The fraction of sp³-hybridized carbons (Fsp3) is 0.167. The summed E-state index contributed by atoms with van der Waals surface area (Å²) in [5.74, 6) is 0.